The van der Waals surface area contributed by atoms with Gasteiger partial charge in [0.15, 0.2) is 0 Å². The molecule has 2 aromatic rings. The number of rotatable bonds is 6. The number of halogens is 2. The van der Waals surface area contributed by atoms with Gasteiger partial charge in [-0.2, -0.15) is 0 Å². The van der Waals surface area contributed by atoms with Crippen LogP contribution in [0.5, 0.6) is 0 Å². The number of benzene rings is 1. The summed E-state index contributed by atoms with van der Waals surface area (Å²) in [7, 11) is 0. The zero-order valence-electron chi connectivity index (χ0n) is 13.1. The predicted octanol–water partition coefficient (Wildman–Crippen LogP) is 2.65. The van der Waals surface area contributed by atoms with E-state index in [1.54, 1.807) is 6.92 Å². The van der Waals surface area contributed by atoms with Crippen molar-refractivity contribution in [3.05, 3.63) is 57.5 Å². The quantitative estimate of drug-likeness (QED) is 0.647. The van der Waals surface area contributed by atoms with Crippen molar-refractivity contribution in [1.29, 1.82) is 0 Å². The highest BCUT2D eigenvalue weighted by Gasteiger charge is 2.20. The lowest BCUT2D eigenvalue weighted by atomic mass is 10.0. The number of carbonyl (C=O) groups excluding carboxylic acids is 1. The van der Waals surface area contributed by atoms with E-state index in [0.29, 0.717) is 12.2 Å². The molecule has 7 nitrogen and oxygen atoms in total. The van der Waals surface area contributed by atoms with Gasteiger partial charge in [-0.05, 0) is 34.5 Å². The third-order valence-electron chi connectivity index (χ3n) is 3.54. The van der Waals surface area contributed by atoms with Crippen LogP contribution in [0, 0.1) is 28.7 Å². The fourth-order valence-electron chi connectivity index (χ4n) is 2.32. The lowest BCUT2D eigenvalue weighted by Gasteiger charge is -2.18. The molecule has 1 atom stereocenters. The largest absolute Gasteiger partial charge is 0.381 e. The lowest BCUT2D eigenvalue weighted by Crippen LogP contribution is -2.32. The lowest BCUT2D eigenvalue weighted by molar-refractivity contribution is -0.389. The second-order valence-electron chi connectivity index (χ2n) is 5.23. The number of carbonyl (C=O) groups is 1. The van der Waals surface area contributed by atoms with Gasteiger partial charge in [-0.1, -0.05) is 6.92 Å². The van der Waals surface area contributed by atoms with Crippen LogP contribution in [0.15, 0.2) is 24.4 Å². The van der Waals surface area contributed by atoms with E-state index < -0.39 is 28.5 Å². The molecule has 0 aliphatic heterocycles. The number of hydrogen-bond donors (Lipinski definition) is 1. The van der Waals surface area contributed by atoms with E-state index >= 15 is 0 Å². The molecule has 1 N–H and O–H groups in total. The number of hydrogen-bond acceptors (Lipinski definition) is 4. The Bertz CT molecular complexity index is 776. The Morgan fingerprint density at radius 1 is 1.46 bits per heavy atom. The summed E-state index contributed by atoms with van der Waals surface area (Å²) < 4.78 is 28.5. The van der Waals surface area contributed by atoms with E-state index in [4.69, 9.17) is 0 Å². The van der Waals surface area contributed by atoms with Gasteiger partial charge in [0.2, 0.25) is 11.7 Å². The first kappa shape index (κ1) is 17.5. The predicted molar refractivity (Wildman–Crippen MR) is 81.2 cm³/mol. The number of nitrogens with zero attached hydrogens (tertiary/aromatic N) is 3. The van der Waals surface area contributed by atoms with Gasteiger partial charge in [0, 0.05) is 12.5 Å². The summed E-state index contributed by atoms with van der Waals surface area (Å²) in [6, 6.07) is 2.34. The van der Waals surface area contributed by atoms with Crippen molar-refractivity contribution < 1.29 is 18.5 Å². The normalized spacial score (nSPS) is 12.0. The van der Waals surface area contributed by atoms with Crippen LogP contribution in [0.25, 0.3) is 0 Å². The minimum absolute atomic E-state index is 0.0548. The van der Waals surface area contributed by atoms with Gasteiger partial charge >= 0.3 is 5.82 Å². The molecule has 1 heterocycles. The molecule has 0 spiro atoms. The molecule has 1 aromatic heterocycles. The maximum absolute atomic E-state index is 13.8. The number of amides is 1. The first-order valence-corrected chi connectivity index (χ1v) is 7.24. The van der Waals surface area contributed by atoms with E-state index in [0.717, 1.165) is 24.4 Å². The molecule has 0 bridgehead atoms. The van der Waals surface area contributed by atoms with E-state index in [9.17, 15) is 23.7 Å². The maximum Gasteiger partial charge on any atom is 0.381 e. The number of aromatic nitrogens is 2. The Morgan fingerprint density at radius 3 is 2.75 bits per heavy atom. The van der Waals surface area contributed by atoms with Crippen LogP contribution in [0.3, 0.4) is 0 Å². The van der Waals surface area contributed by atoms with E-state index in [-0.39, 0.29) is 17.9 Å². The summed E-state index contributed by atoms with van der Waals surface area (Å²) in [6.45, 7) is 3.05. The van der Waals surface area contributed by atoms with Gasteiger partial charge in [-0.3, -0.25) is 9.36 Å². The molecular formula is C15H16F2N4O3. The zero-order chi connectivity index (χ0) is 17.9. The van der Waals surface area contributed by atoms with Gasteiger partial charge in [0.05, 0.1) is 6.04 Å². The van der Waals surface area contributed by atoms with Crippen LogP contribution >= 0.6 is 0 Å². The van der Waals surface area contributed by atoms with Gasteiger partial charge in [-0.15, -0.1) is 0 Å². The topological polar surface area (TPSA) is 90.1 Å². The fraction of sp³-hybridized carbons (Fsp3) is 0.333. The summed E-state index contributed by atoms with van der Waals surface area (Å²) in [6.07, 6.45) is 1.51. The van der Waals surface area contributed by atoms with E-state index in [1.165, 1.54) is 11.5 Å². The number of nitrogens with one attached hydrogen (secondary N) is 1. The highest BCUT2D eigenvalue weighted by Crippen LogP contribution is 2.21. The molecule has 0 aliphatic rings. The second-order valence-corrected chi connectivity index (χ2v) is 5.23. The van der Waals surface area contributed by atoms with Crippen molar-refractivity contribution in [3.8, 4) is 0 Å². The smallest absolute Gasteiger partial charge is 0.358 e. The van der Waals surface area contributed by atoms with Crippen LogP contribution in [0.4, 0.5) is 14.6 Å². The summed E-state index contributed by atoms with van der Waals surface area (Å²) in [5.41, 5.74) is 0.0548. The van der Waals surface area contributed by atoms with Crippen LogP contribution in [-0.4, -0.2) is 20.4 Å². The maximum atomic E-state index is 13.8. The Balaban J connectivity index is 2.12. The second kappa shape index (κ2) is 7.16. The molecular weight excluding hydrogens is 322 g/mol. The molecule has 0 saturated carbocycles. The summed E-state index contributed by atoms with van der Waals surface area (Å²) in [4.78, 5) is 25.9. The molecule has 9 heteroatoms. The van der Waals surface area contributed by atoms with Crippen molar-refractivity contribution in [3.63, 3.8) is 0 Å². The highest BCUT2D eigenvalue weighted by molar-refractivity contribution is 5.76. The Kier molecular flexibility index (Phi) is 5.22. The Labute approximate surface area is 136 Å². The minimum Gasteiger partial charge on any atom is -0.358 e. The monoisotopic (exact) mass is 338 g/mol. The molecule has 0 aliphatic carbocycles. The molecule has 0 unspecified atom stereocenters. The fourth-order valence-corrected chi connectivity index (χ4v) is 2.32. The highest BCUT2D eigenvalue weighted by atomic mass is 19.1. The van der Waals surface area contributed by atoms with Crippen LogP contribution in [-0.2, 0) is 11.3 Å². The minimum atomic E-state index is -0.702. The van der Waals surface area contributed by atoms with Crippen LogP contribution in [0.1, 0.15) is 30.8 Å². The van der Waals surface area contributed by atoms with Crippen molar-refractivity contribution in [2.45, 2.75) is 32.9 Å². The third kappa shape index (κ3) is 3.92. The average Bonchev–Trinajstić information content (AvgIpc) is 2.89. The number of imidazole rings is 1. The standard InChI is InChI=1S/C15H16F2N4O3/c1-3-13(11-6-10(16)4-5-12(11)17)19-15(22)8-20-7-14(21(23)24)18-9(20)2/h4-7,13H,3,8H2,1-2H3,(H,19,22)/t13-/m1/s1. The van der Waals surface area contributed by atoms with E-state index in [2.05, 4.69) is 10.3 Å². The van der Waals surface area contributed by atoms with Crippen molar-refractivity contribution >= 4 is 11.7 Å². The van der Waals surface area contributed by atoms with Gasteiger partial charge in [0.1, 0.15) is 24.4 Å². The molecule has 24 heavy (non-hydrogen) atoms. The van der Waals surface area contributed by atoms with Crippen LogP contribution in [0.2, 0.25) is 0 Å². The molecule has 128 valence electrons. The van der Waals surface area contributed by atoms with Crippen molar-refractivity contribution in [1.82, 2.24) is 14.9 Å². The van der Waals surface area contributed by atoms with Crippen molar-refractivity contribution in [2.24, 2.45) is 0 Å². The van der Waals surface area contributed by atoms with E-state index in [1.807, 2.05) is 0 Å². The molecule has 0 fully saturated rings. The summed E-state index contributed by atoms with van der Waals surface area (Å²) in [5, 5.41) is 13.3. The van der Waals surface area contributed by atoms with Crippen LogP contribution < -0.4 is 5.32 Å². The molecule has 0 radical (unpaired) electrons. The first-order chi connectivity index (χ1) is 11.3. The molecule has 1 aromatic carbocycles. The van der Waals surface area contributed by atoms with Gasteiger partial charge < -0.3 is 15.4 Å². The zero-order valence-corrected chi connectivity index (χ0v) is 13.1. The molecule has 0 saturated heterocycles. The SMILES string of the molecule is CC[C@@H](NC(=O)Cn1cc([N+](=O)[O-])nc1C)c1cc(F)ccc1F. The molecule has 2 rings (SSSR count). The average molecular weight is 338 g/mol. The Hall–Kier alpha value is -2.84. The summed E-state index contributed by atoms with van der Waals surface area (Å²) in [5.74, 6) is -1.75. The number of aryl methyl sites for hydroxylation is 1. The summed E-state index contributed by atoms with van der Waals surface area (Å²) >= 11 is 0. The molecule has 1 amide bonds. The third-order valence-corrected chi connectivity index (χ3v) is 3.54. The van der Waals surface area contributed by atoms with Gasteiger partial charge in [-0.25, -0.2) is 8.78 Å². The van der Waals surface area contributed by atoms with Gasteiger partial charge in [0.25, 0.3) is 0 Å². The number of nitro groups is 1. The Morgan fingerprint density at radius 2 is 2.17 bits per heavy atom. The first-order valence-electron chi connectivity index (χ1n) is 7.24. The van der Waals surface area contributed by atoms with Crippen molar-refractivity contribution in [2.75, 3.05) is 0 Å².